The van der Waals surface area contributed by atoms with Gasteiger partial charge < -0.3 is 5.32 Å². The molecule has 25 heavy (non-hydrogen) atoms. The van der Waals surface area contributed by atoms with Gasteiger partial charge in [-0.05, 0) is 44.2 Å². The van der Waals surface area contributed by atoms with Gasteiger partial charge in [-0.2, -0.15) is 8.75 Å². The summed E-state index contributed by atoms with van der Waals surface area (Å²) in [6.45, 7) is 3.17. The Morgan fingerprint density at radius 3 is 2.64 bits per heavy atom. The van der Waals surface area contributed by atoms with Gasteiger partial charge in [0.05, 0.1) is 22.7 Å². The second-order valence-electron chi connectivity index (χ2n) is 5.67. The van der Waals surface area contributed by atoms with Gasteiger partial charge in [0.1, 0.15) is 11.0 Å². The van der Waals surface area contributed by atoms with E-state index < -0.39 is 15.3 Å². The number of hydrogen-bond acceptors (Lipinski definition) is 6. The van der Waals surface area contributed by atoms with Gasteiger partial charge in [-0.15, -0.1) is 0 Å². The maximum Gasteiger partial charge on any atom is 0.255 e. The Labute approximate surface area is 149 Å². The predicted octanol–water partition coefficient (Wildman–Crippen LogP) is 3.09. The number of benzene rings is 2. The molecule has 130 valence electrons. The van der Waals surface area contributed by atoms with Crippen molar-refractivity contribution >= 4 is 50.1 Å². The largest absolute Gasteiger partial charge is 0.320 e. The van der Waals surface area contributed by atoms with E-state index in [9.17, 15) is 13.2 Å². The maximum atomic E-state index is 12.5. The van der Waals surface area contributed by atoms with Crippen molar-refractivity contribution in [3.05, 3.63) is 48.0 Å². The molecule has 0 bridgehead atoms. The van der Waals surface area contributed by atoms with Gasteiger partial charge in [-0.25, -0.2) is 8.42 Å². The number of nitrogens with one attached hydrogen (secondary N) is 2. The lowest BCUT2D eigenvalue weighted by molar-refractivity contribution is 0.102. The summed E-state index contributed by atoms with van der Waals surface area (Å²) in [4.78, 5) is 12.5. The standard InChI is InChI=1S/C16H16N4O3S2/c1-10(2)25(22,23)20-12-6-3-5-11(9-12)16(21)17-13-7-4-8-14-15(13)19-24-18-14/h3-10,20H,1-2H3,(H,17,21). The van der Waals surface area contributed by atoms with Crippen LogP contribution in [0.5, 0.6) is 0 Å². The summed E-state index contributed by atoms with van der Waals surface area (Å²) in [6.07, 6.45) is 0. The third-order valence-corrected chi connectivity index (χ3v) is 5.84. The Morgan fingerprint density at radius 2 is 1.88 bits per heavy atom. The van der Waals surface area contributed by atoms with Gasteiger partial charge in [0.25, 0.3) is 5.91 Å². The molecule has 0 unspecified atom stereocenters. The van der Waals surface area contributed by atoms with Gasteiger partial charge in [-0.1, -0.05) is 12.1 Å². The number of amides is 1. The summed E-state index contributed by atoms with van der Waals surface area (Å²) in [5.41, 5.74) is 2.57. The molecular weight excluding hydrogens is 360 g/mol. The van der Waals surface area contributed by atoms with Crippen LogP contribution in [-0.2, 0) is 10.0 Å². The summed E-state index contributed by atoms with van der Waals surface area (Å²) in [5.74, 6) is -0.355. The van der Waals surface area contributed by atoms with Crippen molar-refractivity contribution in [1.82, 2.24) is 8.75 Å². The Morgan fingerprint density at radius 1 is 1.12 bits per heavy atom. The SMILES string of the molecule is CC(C)S(=O)(=O)Nc1cccc(C(=O)Nc2cccc3nsnc23)c1. The Hall–Kier alpha value is -2.52. The second-order valence-corrected chi connectivity index (χ2v) is 8.43. The van der Waals surface area contributed by atoms with Crippen molar-refractivity contribution < 1.29 is 13.2 Å². The molecule has 0 aliphatic carbocycles. The van der Waals surface area contributed by atoms with Crippen LogP contribution in [0.2, 0.25) is 0 Å². The number of fused-ring (bicyclic) bond motifs is 1. The lowest BCUT2D eigenvalue weighted by atomic mass is 10.2. The smallest absolute Gasteiger partial charge is 0.255 e. The van der Waals surface area contributed by atoms with E-state index in [1.54, 1.807) is 44.2 Å². The fourth-order valence-electron chi connectivity index (χ4n) is 2.11. The van der Waals surface area contributed by atoms with E-state index in [0.29, 0.717) is 28.0 Å². The van der Waals surface area contributed by atoms with Crippen LogP contribution < -0.4 is 10.0 Å². The average molecular weight is 376 g/mol. The van der Waals surface area contributed by atoms with Crippen molar-refractivity contribution in [2.45, 2.75) is 19.1 Å². The van der Waals surface area contributed by atoms with Crippen molar-refractivity contribution in [1.29, 1.82) is 0 Å². The van der Waals surface area contributed by atoms with Crippen LogP contribution in [0.25, 0.3) is 11.0 Å². The van der Waals surface area contributed by atoms with Crippen molar-refractivity contribution in [3.63, 3.8) is 0 Å². The fourth-order valence-corrected chi connectivity index (χ4v) is 3.35. The molecule has 1 amide bonds. The number of carbonyl (C=O) groups excluding carboxylic acids is 1. The molecule has 3 aromatic rings. The van der Waals surface area contributed by atoms with Crippen LogP contribution in [0.1, 0.15) is 24.2 Å². The molecule has 0 saturated heterocycles. The van der Waals surface area contributed by atoms with Crippen LogP contribution in [-0.4, -0.2) is 28.3 Å². The zero-order valence-corrected chi connectivity index (χ0v) is 15.2. The minimum atomic E-state index is -3.47. The fraction of sp³-hybridized carbons (Fsp3) is 0.188. The third-order valence-electron chi connectivity index (χ3n) is 3.54. The second kappa shape index (κ2) is 6.77. The zero-order chi connectivity index (χ0) is 18.0. The van der Waals surface area contributed by atoms with E-state index in [-0.39, 0.29) is 5.91 Å². The van der Waals surface area contributed by atoms with Gasteiger partial charge in [0.15, 0.2) is 0 Å². The highest BCUT2D eigenvalue weighted by atomic mass is 32.2. The Bertz CT molecular complexity index is 1030. The molecule has 0 radical (unpaired) electrons. The number of nitrogens with zero attached hydrogens (tertiary/aromatic N) is 2. The third kappa shape index (κ3) is 3.77. The predicted molar refractivity (Wildman–Crippen MR) is 99.5 cm³/mol. The monoisotopic (exact) mass is 376 g/mol. The average Bonchev–Trinajstić information content (AvgIpc) is 3.04. The molecule has 1 aromatic heterocycles. The molecular formula is C16H16N4O3S2. The van der Waals surface area contributed by atoms with Crippen molar-refractivity contribution in [3.8, 4) is 0 Å². The lowest BCUT2D eigenvalue weighted by Gasteiger charge is -2.12. The van der Waals surface area contributed by atoms with Crippen molar-refractivity contribution in [2.75, 3.05) is 10.0 Å². The molecule has 9 heteroatoms. The number of hydrogen-bond donors (Lipinski definition) is 2. The number of sulfonamides is 1. The number of carbonyl (C=O) groups is 1. The normalized spacial score (nSPS) is 11.6. The van der Waals surface area contributed by atoms with Gasteiger partial charge in [-0.3, -0.25) is 9.52 Å². The first-order chi connectivity index (χ1) is 11.9. The number of anilines is 2. The quantitative estimate of drug-likeness (QED) is 0.712. The number of aromatic nitrogens is 2. The highest BCUT2D eigenvalue weighted by molar-refractivity contribution is 7.93. The molecule has 0 spiro atoms. The van der Waals surface area contributed by atoms with E-state index in [2.05, 4.69) is 18.8 Å². The minimum Gasteiger partial charge on any atom is -0.320 e. The molecule has 0 atom stereocenters. The van der Waals surface area contributed by atoms with Gasteiger partial charge in [0.2, 0.25) is 10.0 Å². The van der Waals surface area contributed by atoms with E-state index in [1.807, 2.05) is 6.07 Å². The van der Waals surface area contributed by atoms with E-state index >= 15 is 0 Å². The molecule has 0 aliphatic heterocycles. The highest BCUT2D eigenvalue weighted by Crippen LogP contribution is 2.22. The van der Waals surface area contributed by atoms with Gasteiger partial charge >= 0.3 is 0 Å². The molecule has 0 aliphatic rings. The first-order valence-corrected chi connectivity index (χ1v) is 9.79. The molecule has 0 saturated carbocycles. The van der Waals surface area contributed by atoms with Gasteiger partial charge in [0, 0.05) is 11.3 Å². The van der Waals surface area contributed by atoms with E-state index in [4.69, 9.17) is 0 Å². The van der Waals surface area contributed by atoms with Crippen LogP contribution in [0.15, 0.2) is 42.5 Å². The van der Waals surface area contributed by atoms with E-state index in [0.717, 1.165) is 11.7 Å². The van der Waals surface area contributed by atoms with E-state index in [1.165, 1.54) is 6.07 Å². The first-order valence-electron chi connectivity index (χ1n) is 7.51. The molecule has 1 heterocycles. The summed E-state index contributed by atoms with van der Waals surface area (Å²) in [5, 5.41) is 2.22. The summed E-state index contributed by atoms with van der Waals surface area (Å²) < 4.78 is 34.7. The summed E-state index contributed by atoms with van der Waals surface area (Å²) >= 11 is 1.07. The van der Waals surface area contributed by atoms with Crippen molar-refractivity contribution in [2.24, 2.45) is 0 Å². The maximum absolute atomic E-state index is 12.5. The molecule has 7 nitrogen and oxygen atoms in total. The zero-order valence-electron chi connectivity index (χ0n) is 13.6. The molecule has 2 N–H and O–H groups in total. The number of rotatable bonds is 5. The highest BCUT2D eigenvalue weighted by Gasteiger charge is 2.17. The van der Waals surface area contributed by atoms with Crippen LogP contribution in [0.4, 0.5) is 11.4 Å². The van der Waals surface area contributed by atoms with Crippen LogP contribution in [0.3, 0.4) is 0 Å². The minimum absolute atomic E-state index is 0.337. The summed E-state index contributed by atoms with van der Waals surface area (Å²) in [6, 6.07) is 11.7. The topological polar surface area (TPSA) is 101 Å². The molecule has 3 rings (SSSR count). The summed E-state index contributed by atoms with van der Waals surface area (Å²) in [7, 11) is -3.47. The van der Waals surface area contributed by atoms with Crippen LogP contribution >= 0.6 is 11.7 Å². The Balaban J connectivity index is 1.83. The van der Waals surface area contributed by atoms with Crippen LogP contribution in [0, 0.1) is 0 Å². The lowest BCUT2D eigenvalue weighted by Crippen LogP contribution is -2.22. The Kier molecular flexibility index (Phi) is 4.69. The molecule has 2 aromatic carbocycles. The molecule has 0 fully saturated rings. The first kappa shape index (κ1) is 17.3.